The van der Waals surface area contributed by atoms with Gasteiger partial charge < -0.3 is 25.3 Å². The Morgan fingerprint density at radius 2 is 1.81 bits per heavy atom. The van der Waals surface area contributed by atoms with Gasteiger partial charge in [-0.3, -0.25) is 4.79 Å². The van der Waals surface area contributed by atoms with Gasteiger partial charge in [0.15, 0.2) is 11.5 Å². The third-order valence-electron chi connectivity index (χ3n) is 5.02. The highest BCUT2D eigenvalue weighted by molar-refractivity contribution is 5.82. The highest BCUT2D eigenvalue weighted by Gasteiger charge is 2.29. The number of fused-ring (bicyclic) bond motifs is 3. The van der Waals surface area contributed by atoms with Gasteiger partial charge in [-0.05, 0) is 35.7 Å². The molecule has 0 aliphatic heterocycles. The van der Waals surface area contributed by atoms with Crippen LogP contribution < -0.4 is 30.7 Å². The topological polar surface area (TPSA) is 87.4 Å². The summed E-state index contributed by atoms with van der Waals surface area (Å²) in [5.41, 5.74) is 9.88. The molecule has 0 fully saturated rings. The van der Waals surface area contributed by atoms with Crippen LogP contribution in [0.5, 0.6) is 17.2 Å². The second kappa shape index (κ2) is 7.25. The van der Waals surface area contributed by atoms with Crippen molar-refractivity contribution in [1.29, 1.82) is 0 Å². The van der Waals surface area contributed by atoms with Gasteiger partial charge in [0.2, 0.25) is 11.2 Å². The quantitative estimate of drug-likeness (QED) is 0.866. The van der Waals surface area contributed by atoms with E-state index in [1.54, 1.807) is 33.5 Å². The molecule has 1 aliphatic rings. The molecule has 26 heavy (non-hydrogen) atoms. The Kier molecular flexibility index (Phi) is 5.04. The molecular weight excluding hydrogens is 332 g/mol. The summed E-state index contributed by atoms with van der Waals surface area (Å²) in [4.78, 5) is 12.3. The van der Waals surface area contributed by atoms with Gasteiger partial charge in [-0.15, -0.1) is 0 Å². The van der Waals surface area contributed by atoms with Crippen LogP contribution in [0.25, 0.3) is 11.1 Å². The third-order valence-corrected chi connectivity index (χ3v) is 5.02. The fourth-order valence-electron chi connectivity index (χ4n) is 3.70. The van der Waals surface area contributed by atoms with E-state index in [0.717, 1.165) is 35.1 Å². The molecule has 0 spiro atoms. The lowest BCUT2D eigenvalue weighted by atomic mass is 9.95. The zero-order valence-corrected chi connectivity index (χ0v) is 15.6. The van der Waals surface area contributed by atoms with Gasteiger partial charge in [0.1, 0.15) is 6.04 Å². The average molecular weight is 357 g/mol. The van der Waals surface area contributed by atoms with Gasteiger partial charge >= 0.3 is 0 Å². The molecule has 4 N–H and O–H groups in total. The molecule has 6 nitrogen and oxygen atoms in total. The zero-order chi connectivity index (χ0) is 18.8. The fraction of sp³-hybridized carbons (Fsp3) is 0.350. The second-order valence-electron chi connectivity index (χ2n) is 6.32. The molecule has 0 aromatic heterocycles. The van der Waals surface area contributed by atoms with Gasteiger partial charge in [-0.2, -0.15) is 0 Å². The van der Waals surface area contributed by atoms with Crippen molar-refractivity contribution in [3.8, 4) is 28.4 Å². The Bertz CT molecular complexity index is 896. The molecule has 0 radical (unpaired) electrons. The van der Waals surface area contributed by atoms with Gasteiger partial charge in [0, 0.05) is 17.5 Å². The standard InChI is InChI=1S/C20H24N2O4/c1-22-15-8-5-11-9-17(24-2)19(25-3)20(26-4)18(11)12-6-7-14(21)16(23)10-13(12)15/h6-7,9-10,15,22H,5,8H2,1-4H3,(H2,21,23)/p+1/t15-/m0/s1. The number of nitrogen functional groups attached to an aromatic ring is 1. The summed E-state index contributed by atoms with van der Waals surface area (Å²) < 4.78 is 16.8. The molecule has 2 aromatic rings. The average Bonchev–Trinajstić information content (AvgIpc) is 2.89. The maximum absolute atomic E-state index is 12.3. The van der Waals surface area contributed by atoms with E-state index in [9.17, 15) is 4.79 Å². The summed E-state index contributed by atoms with van der Waals surface area (Å²) in [7, 11) is 6.83. The SMILES string of the molecule is C[NH2+][C@H]1CCc2cc(OC)c(OC)c(OC)c2-c2ccc(N)c(=O)cc21. The van der Waals surface area contributed by atoms with E-state index in [2.05, 4.69) is 5.32 Å². The molecule has 0 bridgehead atoms. The Morgan fingerprint density at radius 1 is 1.08 bits per heavy atom. The lowest BCUT2D eigenvalue weighted by Crippen LogP contribution is -2.81. The smallest absolute Gasteiger partial charge is 0.203 e. The normalized spacial score (nSPS) is 15.5. The maximum atomic E-state index is 12.3. The van der Waals surface area contributed by atoms with Crippen molar-refractivity contribution in [2.45, 2.75) is 18.9 Å². The highest BCUT2D eigenvalue weighted by atomic mass is 16.5. The van der Waals surface area contributed by atoms with E-state index in [-0.39, 0.29) is 17.2 Å². The number of ether oxygens (including phenoxy) is 3. The lowest BCUT2D eigenvalue weighted by Gasteiger charge is -2.19. The Labute approximate surface area is 152 Å². The van der Waals surface area contributed by atoms with Crippen molar-refractivity contribution in [3.05, 3.63) is 45.6 Å². The van der Waals surface area contributed by atoms with E-state index >= 15 is 0 Å². The highest BCUT2D eigenvalue weighted by Crippen LogP contribution is 2.49. The zero-order valence-electron chi connectivity index (χ0n) is 15.6. The number of quaternary nitrogens is 1. The Balaban J connectivity index is 2.44. The number of rotatable bonds is 4. The van der Waals surface area contributed by atoms with Crippen molar-refractivity contribution in [2.24, 2.45) is 0 Å². The van der Waals surface area contributed by atoms with Crippen LogP contribution >= 0.6 is 0 Å². The molecule has 1 aliphatic carbocycles. The molecule has 2 aromatic carbocycles. The summed E-state index contributed by atoms with van der Waals surface area (Å²) >= 11 is 0. The molecule has 6 heteroatoms. The predicted octanol–water partition coefficient (Wildman–Crippen LogP) is 1.50. The Morgan fingerprint density at radius 3 is 2.42 bits per heavy atom. The summed E-state index contributed by atoms with van der Waals surface area (Å²) in [5.74, 6) is 1.78. The van der Waals surface area contributed by atoms with E-state index in [1.165, 1.54) is 0 Å². The number of anilines is 1. The van der Waals surface area contributed by atoms with Crippen molar-refractivity contribution >= 4 is 5.69 Å². The van der Waals surface area contributed by atoms with E-state index < -0.39 is 0 Å². The lowest BCUT2D eigenvalue weighted by molar-refractivity contribution is -0.670. The van der Waals surface area contributed by atoms with Crippen molar-refractivity contribution < 1.29 is 19.5 Å². The van der Waals surface area contributed by atoms with Gasteiger partial charge in [0.25, 0.3) is 0 Å². The van der Waals surface area contributed by atoms with Gasteiger partial charge in [0.05, 0.1) is 34.1 Å². The van der Waals surface area contributed by atoms with E-state index in [4.69, 9.17) is 19.9 Å². The summed E-state index contributed by atoms with van der Waals surface area (Å²) in [6.45, 7) is 0. The van der Waals surface area contributed by atoms with E-state index in [0.29, 0.717) is 17.2 Å². The van der Waals surface area contributed by atoms with Gasteiger partial charge in [-0.1, -0.05) is 6.07 Å². The number of methoxy groups -OCH3 is 3. The molecular formula is C20H25N2O4+. The number of hydrogen-bond acceptors (Lipinski definition) is 5. The molecule has 0 heterocycles. The number of aryl methyl sites for hydroxylation is 1. The molecule has 0 saturated carbocycles. The number of benzene rings is 1. The molecule has 0 unspecified atom stereocenters. The van der Waals surface area contributed by atoms with Crippen LogP contribution in [0.3, 0.4) is 0 Å². The van der Waals surface area contributed by atoms with Crippen LogP contribution in [0, 0.1) is 0 Å². The molecule has 0 amide bonds. The number of hydrogen-bond donors (Lipinski definition) is 2. The monoisotopic (exact) mass is 357 g/mol. The fourth-order valence-corrected chi connectivity index (χ4v) is 3.70. The summed E-state index contributed by atoms with van der Waals surface area (Å²) in [6, 6.07) is 7.37. The predicted molar refractivity (Wildman–Crippen MR) is 101 cm³/mol. The van der Waals surface area contributed by atoms with Crippen LogP contribution in [0.2, 0.25) is 0 Å². The minimum absolute atomic E-state index is 0.151. The van der Waals surface area contributed by atoms with Crippen molar-refractivity contribution in [3.63, 3.8) is 0 Å². The van der Waals surface area contributed by atoms with E-state index in [1.807, 2.05) is 19.2 Å². The number of nitrogens with two attached hydrogens (primary N) is 2. The van der Waals surface area contributed by atoms with Crippen LogP contribution in [0.15, 0.2) is 29.1 Å². The largest absolute Gasteiger partial charge is 0.493 e. The first kappa shape index (κ1) is 18.1. The van der Waals surface area contributed by atoms with Gasteiger partial charge in [-0.25, -0.2) is 0 Å². The third kappa shape index (κ3) is 2.86. The molecule has 138 valence electrons. The minimum Gasteiger partial charge on any atom is -0.493 e. The first-order valence-corrected chi connectivity index (χ1v) is 8.61. The van der Waals surface area contributed by atoms with Crippen LogP contribution in [0.4, 0.5) is 5.69 Å². The first-order valence-electron chi connectivity index (χ1n) is 8.61. The van der Waals surface area contributed by atoms with Crippen LogP contribution in [-0.4, -0.2) is 28.4 Å². The van der Waals surface area contributed by atoms with Crippen molar-refractivity contribution in [2.75, 3.05) is 34.1 Å². The molecule has 3 rings (SSSR count). The first-order chi connectivity index (χ1) is 12.5. The molecule has 1 atom stereocenters. The van der Waals surface area contributed by atoms with Crippen molar-refractivity contribution in [1.82, 2.24) is 0 Å². The Hall–Kier alpha value is -2.73. The molecule has 0 saturated heterocycles. The minimum atomic E-state index is -0.166. The maximum Gasteiger partial charge on any atom is 0.203 e. The second-order valence-corrected chi connectivity index (χ2v) is 6.32. The summed E-state index contributed by atoms with van der Waals surface area (Å²) in [5, 5.41) is 2.13. The van der Waals surface area contributed by atoms with Crippen LogP contribution in [0.1, 0.15) is 23.6 Å². The van der Waals surface area contributed by atoms with Crippen LogP contribution in [-0.2, 0) is 6.42 Å². The summed E-state index contributed by atoms with van der Waals surface area (Å²) in [6.07, 6.45) is 1.72.